The van der Waals surface area contributed by atoms with Crippen molar-refractivity contribution in [2.45, 2.75) is 38.8 Å². The molecule has 2 aliphatic rings. The van der Waals surface area contributed by atoms with Gasteiger partial charge in [0, 0.05) is 13.1 Å². The molecule has 118 valence electrons. The van der Waals surface area contributed by atoms with Crippen molar-refractivity contribution in [3.8, 4) is 5.75 Å². The lowest BCUT2D eigenvalue weighted by Gasteiger charge is -2.34. The van der Waals surface area contributed by atoms with E-state index in [1.807, 2.05) is 31.3 Å². The van der Waals surface area contributed by atoms with Crippen LogP contribution in [-0.2, 0) is 9.59 Å². The zero-order chi connectivity index (χ0) is 15.9. The summed E-state index contributed by atoms with van der Waals surface area (Å²) in [7, 11) is 1.82. The minimum absolute atomic E-state index is 0.0309. The van der Waals surface area contributed by atoms with Gasteiger partial charge in [0.25, 0.3) is 5.91 Å². The first-order valence-electron chi connectivity index (χ1n) is 7.81. The van der Waals surface area contributed by atoms with Gasteiger partial charge in [-0.3, -0.25) is 14.5 Å². The zero-order valence-corrected chi connectivity index (χ0v) is 13.3. The molecular formula is C17H22N2O3. The van der Waals surface area contributed by atoms with Crippen molar-refractivity contribution in [1.82, 2.24) is 4.90 Å². The van der Waals surface area contributed by atoms with Crippen LogP contribution in [0.3, 0.4) is 0 Å². The average Bonchev–Trinajstić information content (AvgIpc) is 3.35. The minimum Gasteiger partial charge on any atom is -0.479 e. The lowest BCUT2D eigenvalue weighted by molar-refractivity contribution is -0.133. The number of hydrogen-bond acceptors (Lipinski definition) is 3. The van der Waals surface area contributed by atoms with E-state index in [9.17, 15) is 9.59 Å². The van der Waals surface area contributed by atoms with Crippen LogP contribution in [0.2, 0.25) is 0 Å². The maximum absolute atomic E-state index is 12.5. The molecule has 1 aliphatic heterocycles. The fourth-order valence-electron chi connectivity index (χ4n) is 2.89. The highest BCUT2D eigenvalue weighted by Gasteiger charge is 2.36. The molecule has 0 N–H and O–H groups in total. The fraction of sp³-hybridized carbons (Fsp3) is 0.529. The number of hydrogen-bond donors (Lipinski definition) is 0. The van der Waals surface area contributed by atoms with E-state index in [1.165, 1.54) is 12.8 Å². The largest absolute Gasteiger partial charge is 0.479 e. The molecule has 5 heteroatoms. The van der Waals surface area contributed by atoms with E-state index in [4.69, 9.17) is 4.74 Å². The van der Waals surface area contributed by atoms with Gasteiger partial charge in [-0.25, -0.2) is 0 Å². The number of anilines is 1. The van der Waals surface area contributed by atoms with E-state index in [2.05, 4.69) is 6.92 Å². The lowest BCUT2D eigenvalue weighted by atomic mass is 10.1. The Hall–Kier alpha value is -2.04. The van der Waals surface area contributed by atoms with Crippen molar-refractivity contribution in [2.24, 2.45) is 5.92 Å². The Bertz CT molecular complexity index is 597. The number of carbonyl (C=O) groups excluding carboxylic acids is 2. The molecule has 1 aromatic carbocycles. The quantitative estimate of drug-likeness (QED) is 0.855. The number of amides is 2. The second-order valence-corrected chi connectivity index (χ2v) is 6.23. The highest BCUT2D eigenvalue weighted by molar-refractivity contribution is 6.03. The van der Waals surface area contributed by atoms with Crippen LogP contribution in [0.25, 0.3) is 0 Å². The maximum atomic E-state index is 12.5. The van der Waals surface area contributed by atoms with Gasteiger partial charge in [0.1, 0.15) is 12.3 Å². The second-order valence-electron chi connectivity index (χ2n) is 6.23. The van der Waals surface area contributed by atoms with Crippen LogP contribution >= 0.6 is 0 Å². The number of rotatable bonds is 4. The van der Waals surface area contributed by atoms with Crippen LogP contribution < -0.4 is 9.64 Å². The summed E-state index contributed by atoms with van der Waals surface area (Å²) in [5, 5.41) is 0. The number of nitrogens with zero attached hydrogens (tertiary/aromatic N) is 2. The Morgan fingerprint density at radius 2 is 2.09 bits per heavy atom. The van der Waals surface area contributed by atoms with Crippen molar-refractivity contribution in [3.05, 3.63) is 24.3 Å². The predicted octanol–water partition coefficient (Wildman–Crippen LogP) is 2.06. The normalized spacial score (nSPS) is 21.9. The molecule has 1 aliphatic carbocycles. The molecule has 22 heavy (non-hydrogen) atoms. The van der Waals surface area contributed by atoms with Crippen LogP contribution in [0.15, 0.2) is 24.3 Å². The summed E-state index contributed by atoms with van der Waals surface area (Å²) in [6, 6.07) is 7.58. The molecule has 2 atom stereocenters. The van der Waals surface area contributed by atoms with Gasteiger partial charge in [-0.1, -0.05) is 12.1 Å². The topological polar surface area (TPSA) is 49.9 Å². The molecule has 0 aromatic heterocycles. The first-order valence-corrected chi connectivity index (χ1v) is 7.81. The summed E-state index contributed by atoms with van der Waals surface area (Å²) in [5.41, 5.74) is 0.673. The first-order chi connectivity index (χ1) is 10.5. The van der Waals surface area contributed by atoms with E-state index in [0.29, 0.717) is 17.4 Å². The van der Waals surface area contributed by atoms with Gasteiger partial charge in [0.2, 0.25) is 5.91 Å². The summed E-state index contributed by atoms with van der Waals surface area (Å²) in [6.45, 7) is 3.86. The molecule has 1 fully saturated rings. The van der Waals surface area contributed by atoms with Crippen LogP contribution in [-0.4, -0.2) is 42.5 Å². The molecule has 0 radical (unpaired) electrons. The van der Waals surface area contributed by atoms with E-state index < -0.39 is 6.10 Å². The molecule has 1 aromatic rings. The summed E-state index contributed by atoms with van der Waals surface area (Å²) in [5.74, 6) is 1.07. The van der Waals surface area contributed by atoms with Gasteiger partial charge in [0.05, 0.1) is 5.69 Å². The third-order valence-electron chi connectivity index (χ3n) is 4.68. The zero-order valence-electron chi connectivity index (χ0n) is 13.3. The van der Waals surface area contributed by atoms with Crippen LogP contribution in [0.4, 0.5) is 5.69 Å². The van der Waals surface area contributed by atoms with Gasteiger partial charge >= 0.3 is 0 Å². The van der Waals surface area contributed by atoms with Crippen molar-refractivity contribution in [3.63, 3.8) is 0 Å². The van der Waals surface area contributed by atoms with Crippen molar-refractivity contribution >= 4 is 17.5 Å². The van der Waals surface area contributed by atoms with Gasteiger partial charge in [-0.05, 0) is 44.7 Å². The van der Waals surface area contributed by atoms with E-state index in [-0.39, 0.29) is 24.4 Å². The predicted molar refractivity (Wildman–Crippen MR) is 83.8 cm³/mol. The highest BCUT2D eigenvalue weighted by atomic mass is 16.5. The first kappa shape index (κ1) is 14.9. The molecule has 1 saturated carbocycles. The summed E-state index contributed by atoms with van der Waals surface area (Å²) in [6.07, 6.45) is 1.82. The third kappa shape index (κ3) is 2.67. The Balaban J connectivity index is 1.78. The third-order valence-corrected chi connectivity index (χ3v) is 4.68. The second kappa shape index (κ2) is 5.63. The number of likely N-dealkylation sites (N-methyl/N-ethyl adjacent to an activating group) is 1. The minimum atomic E-state index is -0.561. The van der Waals surface area contributed by atoms with Gasteiger partial charge in [-0.15, -0.1) is 0 Å². The van der Waals surface area contributed by atoms with Crippen molar-refractivity contribution in [1.29, 1.82) is 0 Å². The van der Waals surface area contributed by atoms with Crippen LogP contribution in [0.1, 0.15) is 26.7 Å². The lowest BCUT2D eigenvalue weighted by Crippen LogP contribution is -2.50. The van der Waals surface area contributed by atoms with Gasteiger partial charge < -0.3 is 9.64 Å². The smallest absolute Gasteiger partial charge is 0.268 e. The molecule has 2 amide bonds. The molecule has 1 heterocycles. The standard InChI is InChI=1S/C17H22N2O3/c1-11(13-8-9-13)18(3)16(20)10-19-14-6-4-5-7-15(14)22-12(2)17(19)21/h4-7,11-13H,8-10H2,1-3H3. The Morgan fingerprint density at radius 3 is 2.77 bits per heavy atom. The van der Waals surface area contributed by atoms with Gasteiger partial charge in [0.15, 0.2) is 6.10 Å². The molecule has 5 nitrogen and oxygen atoms in total. The Kier molecular flexibility index (Phi) is 3.81. The molecule has 0 saturated heterocycles. The van der Waals surface area contributed by atoms with Crippen LogP contribution in [0, 0.1) is 5.92 Å². The average molecular weight is 302 g/mol. The number of fused-ring (bicyclic) bond motifs is 1. The Labute approximate surface area is 130 Å². The fourth-order valence-corrected chi connectivity index (χ4v) is 2.89. The van der Waals surface area contributed by atoms with E-state index in [0.717, 1.165) is 0 Å². The monoisotopic (exact) mass is 302 g/mol. The maximum Gasteiger partial charge on any atom is 0.268 e. The van der Waals surface area contributed by atoms with E-state index in [1.54, 1.807) is 16.7 Å². The number of para-hydroxylation sites is 2. The number of carbonyl (C=O) groups is 2. The van der Waals surface area contributed by atoms with Gasteiger partial charge in [-0.2, -0.15) is 0 Å². The van der Waals surface area contributed by atoms with Crippen molar-refractivity contribution in [2.75, 3.05) is 18.5 Å². The summed E-state index contributed by atoms with van der Waals surface area (Å²) < 4.78 is 5.60. The molecule has 2 unspecified atom stereocenters. The SMILES string of the molecule is CC1Oc2ccccc2N(CC(=O)N(C)C(C)C2CC2)C1=O. The number of benzene rings is 1. The molecular weight excluding hydrogens is 280 g/mol. The van der Waals surface area contributed by atoms with E-state index >= 15 is 0 Å². The molecule has 3 rings (SSSR count). The molecule has 0 bridgehead atoms. The number of ether oxygens (including phenoxy) is 1. The summed E-state index contributed by atoms with van der Waals surface area (Å²) >= 11 is 0. The van der Waals surface area contributed by atoms with Crippen molar-refractivity contribution < 1.29 is 14.3 Å². The van der Waals surface area contributed by atoms with Crippen LogP contribution in [0.5, 0.6) is 5.75 Å². The summed E-state index contributed by atoms with van der Waals surface area (Å²) in [4.78, 5) is 28.2. The molecule has 0 spiro atoms. The Morgan fingerprint density at radius 1 is 1.41 bits per heavy atom. The highest BCUT2D eigenvalue weighted by Crippen LogP contribution is 2.36.